The Morgan fingerprint density at radius 2 is 1.72 bits per heavy atom. The van der Waals surface area contributed by atoms with Crippen LogP contribution in [0.3, 0.4) is 0 Å². The molecule has 0 spiro atoms. The van der Waals surface area contributed by atoms with Crippen molar-refractivity contribution >= 4 is 38.3 Å². The van der Waals surface area contributed by atoms with Gasteiger partial charge >= 0.3 is 10.2 Å². The van der Waals surface area contributed by atoms with E-state index in [9.17, 15) is 21.2 Å². The van der Waals surface area contributed by atoms with Crippen molar-refractivity contribution in [3.63, 3.8) is 0 Å². The van der Waals surface area contributed by atoms with Crippen LogP contribution in [-0.4, -0.2) is 65.5 Å². The molecule has 0 radical (unpaired) electrons. The Balaban J connectivity index is 0.00000361. The van der Waals surface area contributed by atoms with Gasteiger partial charge in [0, 0.05) is 38.4 Å². The molecule has 13 heteroatoms. The number of hydrogen-bond acceptors (Lipinski definition) is 6. The summed E-state index contributed by atoms with van der Waals surface area (Å²) in [7, 11) is -4.96. The van der Waals surface area contributed by atoms with E-state index in [-0.39, 0.29) is 47.3 Å². The van der Waals surface area contributed by atoms with Crippen molar-refractivity contribution in [2.45, 2.75) is 11.4 Å². The van der Waals surface area contributed by atoms with Gasteiger partial charge in [-0.1, -0.05) is 18.2 Å². The van der Waals surface area contributed by atoms with Gasteiger partial charge in [0.1, 0.15) is 5.82 Å². The standard InChI is InChI=1S/C23H27FN4O5S2.ClH/c1-25-16-18-14-23(21-8-3-4-9-22(21)24)28(17-18)34(29,30)20-7-5-6-19(15-20)26(2)35(31,32)27-10-12-33-13-11-27;/h3-9,14-15,17,25H,10-13,16H2,1-2H3;1H. The van der Waals surface area contributed by atoms with E-state index in [2.05, 4.69) is 5.32 Å². The molecule has 0 amide bonds. The fraction of sp³-hybridized carbons (Fsp3) is 0.304. The van der Waals surface area contributed by atoms with Gasteiger partial charge in [-0.3, -0.25) is 4.31 Å². The van der Waals surface area contributed by atoms with Crippen LogP contribution < -0.4 is 9.62 Å². The van der Waals surface area contributed by atoms with Gasteiger partial charge in [0.25, 0.3) is 10.0 Å². The molecule has 1 aliphatic heterocycles. The fourth-order valence-corrected chi connectivity index (χ4v) is 6.67. The highest BCUT2D eigenvalue weighted by atomic mass is 35.5. The highest BCUT2D eigenvalue weighted by Crippen LogP contribution is 2.30. The average Bonchev–Trinajstić information content (AvgIpc) is 3.29. The zero-order chi connectivity index (χ0) is 25.2. The third-order valence-corrected chi connectivity index (χ3v) is 9.34. The smallest absolute Gasteiger partial charge is 0.303 e. The monoisotopic (exact) mass is 558 g/mol. The molecule has 0 aliphatic carbocycles. The lowest BCUT2D eigenvalue weighted by molar-refractivity contribution is 0.0730. The Morgan fingerprint density at radius 1 is 1.03 bits per heavy atom. The van der Waals surface area contributed by atoms with Crippen molar-refractivity contribution in [3.8, 4) is 11.3 Å². The van der Waals surface area contributed by atoms with Crippen LogP contribution >= 0.6 is 12.4 Å². The van der Waals surface area contributed by atoms with E-state index in [0.29, 0.717) is 25.3 Å². The maximum atomic E-state index is 14.6. The van der Waals surface area contributed by atoms with E-state index in [1.54, 1.807) is 19.2 Å². The van der Waals surface area contributed by atoms with E-state index >= 15 is 0 Å². The van der Waals surface area contributed by atoms with Crippen molar-refractivity contribution < 1.29 is 26.0 Å². The minimum atomic E-state index is -4.19. The van der Waals surface area contributed by atoms with Crippen LogP contribution in [0.25, 0.3) is 11.3 Å². The molecule has 1 fully saturated rings. The van der Waals surface area contributed by atoms with Crippen LogP contribution in [0.5, 0.6) is 0 Å². The summed E-state index contributed by atoms with van der Waals surface area (Å²) in [5, 5.41) is 2.96. The summed E-state index contributed by atoms with van der Waals surface area (Å²) >= 11 is 0. The largest absolute Gasteiger partial charge is 0.379 e. The van der Waals surface area contributed by atoms with Crippen LogP contribution in [0.1, 0.15) is 5.56 Å². The van der Waals surface area contributed by atoms with E-state index in [4.69, 9.17) is 4.74 Å². The summed E-state index contributed by atoms with van der Waals surface area (Å²) in [6.45, 7) is 1.40. The predicted octanol–water partition coefficient (Wildman–Crippen LogP) is 2.69. The van der Waals surface area contributed by atoms with Crippen LogP contribution in [0.4, 0.5) is 10.1 Å². The van der Waals surface area contributed by atoms with E-state index < -0.39 is 26.0 Å². The second-order valence-corrected chi connectivity index (χ2v) is 11.8. The Morgan fingerprint density at radius 3 is 2.39 bits per heavy atom. The van der Waals surface area contributed by atoms with Crippen molar-refractivity contribution in [1.29, 1.82) is 0 Å². The topological polar surface area (TPSA) is 101 Å². The molecule has 2 heterocycles. The third-order valence-electron chi connectivity index (χ3n) is 5.75. The van der Waals surface area contributed by atoms with Crippen LogP contribution in [0, 0.1) is 5.82 Å². The predicted molar refractivity (Wildman–Crippen MR) is 139 cm³/mol. The van der Waals surface area contributed by atoms with Crippen LogP contribution in [0.2, 0.25) is 0 Å². The summed E-state index contributed by atoms with van der Waals surface area (Å²) in [5.74, 6) is -0.553. The van der Waals surface area contributed by atoms with Crippen molar-refractivity contribution in [2.24, 2.45) is 0 Å². The van der Waals surface area contributed by atoms with Crippen molar-refractivity contribution in [2.75, 3.05) is 44.7 Å². The zero-order valence-corrected chi connectivity index (χ0v) is 22.2. The number of halogens is 2. The molecule has 0 unspecified atom stereocenters. The number of nitrogens with zero attached hydrogens (tertiary/aromatic N) is 3. The normalized spacial score (nSPS) is 14.9. The lowest BCUT2D eigenvalue weighted by atomic mass is 10.1. The summed E-state index contributed by atoms with van der Waals surface area (Å²) in [6.07, 6.45) is 1.44. The number of benzene rings is 2. The molecule has 0 atom stereocenters. The Labute approximate surface area is 217 Å². The first kappa shape index (κ1) is 28.1. The molecular formula is C23H28ClFN4O5S2. The second kappa shape index (κ2) is 11.3. The van der Waals surface area contributed by atoms with Crippen LogP contribution in [-0.2, 0) is 31.5 Å². The van der Waals surface area contributed by atoms with Gasteiger partial charge in [-0.05, 0) is 49.0 Å². The first-order valence-corrected chi connectivity index (χ1v) is 13.8. The summed E-state index contributed by atoms with van der Waals surface area (Å²) < 4.78 is 76.8. The number of rotatable bonds is 8. The van der Waals surface area contributed by atoms with Crippen molar-refractivity contribution in [3.05, 3.63) is 72.2 Å². The SMILES string of the molecule is CNCc1cc(-c2ccccc2F)n(S(=O)(=O)c2cccc(N(C)S(=O)(=O)N3CCOCC3)c2)c1.Cl. The van der Waals surface area contributed by atoms with Gasteiger partial charge < -0.3 is 10.1 Å². The molecule has 3 aromatic rings. The van der Waals surface area contributed by atoms with E-state index in [0.717, 1.165) is 8.28 Å². The van der Waals surface area contributed by atoms with E-state index in [1.165, 1.54) is 60.0 Å². The van der Waals surface area contributed by atoms with Gasteiger partial charge in [-0.15, -0.1) is 12.4 Å². The molecular weight excluding hydrogens is 531 g/mol. The molecule has 9 nitrogen and oxygen atoms in total. The first-order chi connectivity index (χ1) is 16.7. The molecule has 1 aliphatic rings. The second-order valence-electron chi connectivity index (χ2n) is 8.03. The molecule has 196 valence electrons. The fourth-order valence-electron chi connectivity index (χ4n) is 3.90. The van der Waals surface area contributed by atoms with Gasteiger partial charge in [-0.25, -0.2) is 16.8 Å². The number of aromatic nitrogens is 1. The maximum absolute atomic E-state index is 14.6. The molecule has 0 bridgehead atoms. The first-order valence-electron chi connectivity index (χ1n) is 10.9. The average molecular weight is 559 g/mol. The number of ether oxygens (including phenoxy) is 1. The summed E-state index contributed by atoms with van der Waals surface area (Å²) in [6, 6.07) is 13.3. The third kappa shape index (κ3) is 5.43. The van der Waals surface area contributed by atoms with Crippen molar-refractivity contribution in [1.82, 2.24) is 13.6 Å². The summed E-state index contributed by atoms with van der Waals surface area (Å²) in [5.41, 5.74) is 1.15. The quantitative estimate of drug-likeness (QED) is 0.456. The minimum Gasteiger partial charge on any atom is -0.379 e. The van der Waals surface area contributed by atoms with Gasteiger partial charge in [0.2, 0.25) is 0 Å². The van der Waals surface area contributed by atoms with Gasteiger partial charge in [0.05, 0.1) is 29.5 Å². The summed E-state index contributed by atoms with van der Waals surface area (Å²) in [4.78, 5) is -0.122. The Hall–Kier alpha value is -2.48. The highest BCUT2D eigenvalue weighted by Gasteiger charge is 2.30. The molecule has 4 rings (SSSR count). The highest BCUT2D eigenvalue weighted by molar-refractivity contribution is 7.90. The molecule has 2 aromatic carbocycles. The number of morpholine rings is 1. The molecule has 1 N–H and O–H groups in total. The Bertz CT molecular complexity index is 1420. The molecule has 1 aromatic heterocycles. The lowest BCUT2D eigenvalue weighted by Crippen LogP contribution is -2.47. The maximum Gasteiger partial charge on any atom is 0.303 e. The number of nitrogens with one attached hydrogen (secondary N) is 1. The van der Waals surface area contributed by atoms with Gasteiger partial charge in [0.15, 0.2) is 0 Å². The number of hydrogen-bond donors (Lipinski definition) is 1. The molecule has 36 heavy (non-hydrogen) atoms. The molecule has 0 saturated carbocycles. The van der Waals surface area contributed by atoms with Gasteiger partial charge in [-0.2, -0.15) is 12.7 Å². The Kier molecular flexibility index (Phi) is 8.80. The van der Waals surface area contributed by atoms with E-state index in [1.807, 2.05) is 0 Å². The minimum absolute atomic E-state index is 0. The lowest BCUT2D eigenvalue weighted by Gasteiger charge is -2.31. The number of anilines is 1. The molecule has 1 saturated heterocycles. The zero-order valence-electron chi connectivity index (χ0n) is 19.8. The van der Waals surface area contributed by atoms with Crippen LogP contribution in [0.15, 0.2) is 65.7 Å².